The number of nitrogens with one attached hydrogen (secondary N) is 3. The molecule has 6 rings (SSSR count). The molecule has 53 heavy (non-hydrogen) atoms. The van der Waals surface area contributed by atoms with Crippen LogP contribution in [-0.2, 0) is 28.7 Å². The lowest BCUT2D eigenvalue weighted by Gasteiger charge is -2.50. The van der Waals surface area contributed by atoms with Crippen LogP contribution in [0.25, 0.3) is 0 Å². The Kier molecular flexibility index (Phi) is 11.3. The number of amides is 4. The number of β-lactam (4-membered cyclic amide) rings is 1. The molecule has 1 saturated heterocycles. The lowest BCUT2D eigenvalue weighted by Crippen LogP contribution is -2.71. The van der Waals surface area contributed by atoms with Gasteiger partial charge in [-0.3, -0.25) is 19.3 Å². The van der Waals surface area contributed by atoms with E-state index < -0.39 is 53.0 Å². The normalized spacial score (nSPS) is 17.2. The van der Waals surface area contributed by atoms with Gasteiger partial charge in [-0.2, -0.15) is 0 Å². The smallest absolute Gasteiger partial charge is 0.408 e. The maximum atomic E-state index is 14.3. The number of alkyl carbamates (subject to hydrolysis) is 1. The highest BCUT2D eigenvalue weighted by molar-refractivity contribution is 8.00. The van der Waals surface area contributed by atoms with Gasteiger partial charge in [0.15, 0.2) is 6.10 Å². The van der Waals surface area contributed by atoms with Crippen LogP contribution in [0.15, 0.2) is 133 Å². The lowest BCUT2D eigenvalue weighted by atomic mass is 9.99. The minimum absolute atomic E-state index is 0.0317. The third-order valence-corrected chi connectivity index (χ3v) is 9.80. The summed E-state index contributed by atoms with van der Waals surface area (Å²) >= 11 is 1.32. The molecule has 4 aromatic carbocycles. The van der Waals surface area contributed by atoms with Gasteiger partial charge in [0.1, 0.15) is 28.8 Å². The first-order chi connectivity index (χ1) is 25.5. The van der Waals surface area contributed by atoms with E-state index in [0.29, 0.717) is 16.8 Å². The standard InChI is InChI=1S/C41H40N4O7S/c1-41(2,3)52-40(50)44-32(26-16-8-4-9-17-26)36(47)43-33-37(48)45-34(29(25-53-38(33)45)24-31(46)42-30-22-14-7-15-23-30)39(49)51-35(27-18-10-5-11-19-27)28-20-12-6-13-21-28/h4-23,32-33,35,38H,24-25H2,1-3H3,(H,42,46)(H,43,47)(H,44,50)/t32?,33-,38+/m1/s1. The number of fused-ring (bicyclic) bond motifs is 1. The molecule has 3 N–H and O–H groups in total. The number of hydrogen-bond donors (Lipinski definition) is 3. The Balaban J connectivity index is 1.27. The van der Waals surface area contributed by atoms with Gasteiger partial charge >= 0.3 is 12.1 Å². The van der Waals surface area contributed by atoms with Crippen molar-refractivity contribution in [3.63, 3.8) is 0 Å². The Morgan fingerprint density at radius 3 is 1.87 bits per heavy atom. The first kappa shape index (κ1) is 36.9. The van der Waals surface area contributed by atoms with Crippen LogP contribution in [0.3, 0.4) is 0 Å². The van der Waals surface area contributed by atoms with Gasteiger partial charge < -0.3 is 25.4 Å². The Labute approximate surface area is 312 Å². The summed E-state index contributed by atoms with van der Waals surface area (Å²) in [7, 11) is 0. The molecule has 2 aliphatic heterocycles. The maximum absolute atomic E-state index is 14.3. The number of carbonyl (C=O) groups is 5. The molecule has 0 spiro atoms. The van der Waals surface area contributed by atoms with E-state index in [-0.39, 0.29) is 23.8 Å². The highest BCUT2D eigenvalue weighted by Gasteiger charge is 2.55. The zero-order valence-electron chi connectivity index (χ0n) is 29.5. The third-order valence-electron chi connectivity index (χ3n) is 8.46. The molecule has 2 aliphatic rings. The van der Waals surface area contributed by atoms with Crippen LogP contribution in [0, 0.1) is 0 Å². The van der Waals surface area contributed by atoms with Crippen LogP contribution in [0.2, 0.25) is 0 Å². The highest BCUT2D eigenvalue weighted by Crippen LogP contribution is 2.42. The number of carbonyl (C=O) groups excluding carboxylic acids is 5. The molecule has 272 valence electrons. The van der Waals surface area contributed by atoms with Gasteiger partial charge in [0.05, 0.1) is 6.42 Å². The largest absolute Gasteiger partial charge is 0.448 e. The lowest BCUT2D eigenvalue weighted by molar-refractivity contribution is -0.155. The van der Waals surface area contributed by atoms with Gasteiger partial charge in [-0.05, 0) is 55.2 Å². The Bertz CT molecular complexity index is 1950. The van der Waals surface area contributed by atoms with Crippen LogP contribution < -0.4 is 16.0 Å². The molecule has 11 nitrogen and oxygen atoms in total. The molecule has 0 aliphatic carbocycles. The van der Waals surface area contributed by atoms with Crippen molar-refractivity contribution < 1.29 is 33.4 Å². The minimum Gasteiger partial charge on any atom is -0.448 e. The van der Waals surface area contributed by atoms with E-state index in [1.165, 1.54) is 16.7 Å². The zero-order valence-corrected chi connectivity index (χ0v) is 30.3. The fourth-order valence-electron chi connectivity index (χ4n) is 6.08. The molecule has 0 bridgehead atoms. The van der Waals surface area contributed by atoms with Gasteiger partial charge in [0.2, 0.25) is 11.8 Å². The highest BCUT2D eigenvalue weighted by atomic mass is 32.2. The first-order valence-corrected chi connectivity index (χ1v) is 18.2. The number of rotatable bonds is 11. The predicted molar refractivity (Wildman–Crippen MR) is 201 cm³/mol. The molecule has 0 radical (unpaired) electrons. The zero-order chi connectivity index (χ0) is 37.5. The third kappa shape index (κ3) is 8.96. The van der Waals surface area contributed by atoms with Crippen LogP contribution in [0.4, 0.5) is 10.5 Å². The number of ether oxygens (including phenoxy) is 2. The SMILES string of the molecule is CC(C)(C)OC(=O)NC(C(=O)N[C@@H]1C(=O)N2C(C(=O)OC(c3ccccc3)c3ccccc3)=C(CC(=O)Nc3ccccc3)CS[C@@H]12)c1ccccc1. The molecular weight excluding hydrogens is 693 g/mol. The van der Waals surface area contributed by atoms with E-state index >= 15 is 0 Å². The molecule has 1 fully saturated rings. The fourth-order valence-corrected chi connectivity index (χ4v) is 7.43. The van der Waals surface area contributed by atoms with Gasteiger partial charge in [0, 0.05) is 11.4 Å². The van der Waals surface area contributed by atoms with E-state index in [4.69, 9.17) is 9.47 Å². The summed E-state index contributed by atoms with van der Waals surface area (Å²) < 4.78 is 11.6. The van der Waals surface area contributed by atoms with Gasteiger partial charge in [0.25, 0.3) is 5.91 Å². The van der Waals surface area contributed by atoms with Crippen LogP contribution >= 0.6 is 11.8 Å². The molecule has 0 aromatic heterocycles. The second kappa shape index (κ2) is 16.2. The van der Waals surface area contributed by atoms with E-state index in [1.807, 2.05) is 66.7 Å². The fraction of sp³-hybridized carbons (Fsp3) is 0.244. The van der Waals surface area contributed by atoms with Crippen molar-refractivity contribution in [3.05, 3.63) is 149 Å². The average Bonchev–Trinajstić information content (AvgIpc) is 3.15. The van der Waals surface area contributed by atoms with Crippen LogP contribution in [0.1, 0.15) is 56.0 Å². The van der Waals surface area contributed by atoms with Crippen molar-refractivity contribution in [3.8, 4) is 0 Å². The van der Waals surface area contributed by atoms with Gasteiger partial charge in [-0.1, -0.05) is 109 Å². The quantitative estimate of drug-likeness (QED) is 0.121. The molecule has 4 aromatic rings. The molecule has 0 saturated carbocycles. The van der Waals surface area contributed by atoms with Crippen molar-refractivity contribution >= 4 is 47.2 Å². The van der Waals surface area contributed by atoms with Crippen molar-refractivity contribution in [2.24, 2.45) is 0 Å². The summed E-state index contributed by atoms with van der Waals surface area (Å²) in [6.07, 6.45) is -1.77. The Morgan fingerprint density at radius 2 is 1.32 bits per heavy atom. The van der Waals surface area contributed by atoms with Crippen molar-refractivity contribution in [2.45, 2.75) is 56.4 Å². The summed E-state index contributed by atoms with van der Waals surface area (Å²) in [5, 5.41) is 7.59. The van der Waals surface area contributed by atoms with Crippen LogP contribution in [-0.4, -0.2) is 57.5 Å². The van der Waals surface area contributed by atoms with Gasteiger partial charge in [-0.25, -0.2) is 9.59 Å². The first-order valence-electron chi connectivity index (χ1n) is 17.2. The number of benzene rings is 4. The maximum Gasteiger partial charge on any atom is 0.408 e. The average molecular weight is 733 g/mol. The molecule has 1 unspecified atom stereocenters. The van der Waals surface area contributed by atoms with Crippen LogP contribution in [0.5, 0.6) is 0 Å². The second-order valence-corrected chi connectivity index (χ2v) is 14.6. The Morgan fingerprint density at radius 1 is 0.792 bits per heavy atom. The van der Waals surface area contributed by atoms with Crippen molar-refractivity contribution in [1.82, 2.24) is 15.5 Å². The number of hydrogen-bond acceptors (Lipinski definition) is 8. The van der Waals surface area contributed by atoms with E-state index in [2.05, 4.69) is 16.0 Å². The van der Waals surface area contributed by atoms with E-state index in [1.54, 1.807) is 75.4 Å². The second-order valence-electron chi connectivity index (χ2n) is 13.5. The van der Waals surface area contributed by atoms with E-state index in [9.17, 15) is 24.0 Å². The molecule has 2 heterocycles. The van der Waals surface area contributed by atoms with Gasteiger partial charge in [-0.15, -0.1) is 11.8 Å². The summed E-state index contributed by atoms with van der Waals surface area (Å²) in [5.74, 6) is -2.11. The monoisotopic (exact) mass is 732 g/mol. The summed E-state index contributed by atoms with van der Waals surface area (Å²) in [5.41, 5.74) is 2.10. The minimum atomic E-state index is -1.17. The molecule has 12 heteroatoms. The number of nitrogens with zero attached hydrogens (tertiary/aromatic N) is 1. The number of anilines is 1. The Hall–Kier alpha value is -5.88. The summed E-state index contributed by atoms with van der Waals surface area (Å²) in [6.45, 7) is 5.14. The number of esters is 1. The van der Waals surface area contributed by atoms with Crippen molar-refractivity contribution in [1.29, 1.82) is 0 Å². The predicted octanol–water partition coefficient (Wildman–Crippen LogP) is 6.27. The topological polar surface area (TPSA) is 143 Å². The molecular formula is C41H40N4O7S. The number of thioether (sulfide) groups is 1. The summed E-state index contributed by atoms with van der Waals surface area (Å²) in [4.78, 5) is 69.5. The number of para-hydroxylation sites is 1. The van der Waals surface area contributed by atoms with E-state index in [0.717, 1.165) is 11.1 Å². The van der Waals surface area contributed by atoms with Crippen molar-refractivity contribution in [2.75, 3.05) is 11.1 Å². The summed E-state index contributed by atoms with van der Waals surface area (Å²) in [6, 6.07) is 33.9. The molecule has 3 atom stereocenters. The molecule has 4 amide bonds.